The van der Waals surface area contributed by atoms with E-state index < -0.39 is 0 Å². The molecule has 1 amide bonds. The van der Waals surface area contributed by atoms with Crippen LogP contribution in [0, 0.1) is 5.92 Å². The Bertz CT molecular complexity index is 606. The fraction of sp³-hybridized carbons (Fsp3) is 0.696. The van der Waals surface area contributed by atoms with Crippen LogP contribution < -0.4 is 15.0 Å². The van der Waals surface area contributed by atoms with Crippen LogP contribution in [0.3, 0.4) is 0 Å². The Kier molecular flexibility index (Phi) is 8.62. The Labute approximate surface area is 175 Å². The normalized spacial score (nSPS) is 23.0. The molecule has 1 N–H and O–H groups in total. The summed E-state index contributed by atoms with van der Waals surface area (Å²) >= 11 is 0. The molecule has 0 radical (unpaired) electrons. The van der Waals surface area contributed by atoms with Gasteiger partial charge in [-0.2, -0.15) is 0 Å². The van der Waals surface area contributed by atoms with Gasteiger partial charge in [-0.3, -0.25) is 9.69 Å². The van der Waals surface area contributed by atoms with Gasteiger partial charge in [0.25, 0.3) is 0 Å². The van der Waals surface area contributed by atoms with Gasteiger partial charge in [0, 0.05) is 44.5 Å². The van der Waals surface area contributed by atoms with Gasteiger partial charge in [0.2, 0.25) is 5.91 Å². The summed E-state index contributed by atoms with van der Waals surface area (Å²) in [5.41, 5.74) is 1.29. The number of piperazine rings is 1. The van der Waals surface area contributed by atoms with E-state index in [2.05, 4.69) is 27.2 Å². The zero-order valence-corrected chi connectivity index (χ0v) is 18.1. The molecule has 3 rings (SSSR count). The van der Waals surface area contributed by atoms with Crippen molar-refractivity contribution in [2.45, 2.75) is 45.1 Å². The number of carbonyl (C=O) groups is 1. The van der Waals surface area contributed by atoms with E-state index in [1.54, 1.807) is 7.11 Å². The molecular weight excluding hydrogens is 366 g/mol. The maximum absolute atomic E-state index is 11.8. The Morgan fingerprint density at radius 1 is 1.07 bits per heavy atom. The zero-order valence-electron chi connectivity index (χ0n) is 18.1. The first-order valence-corrected chi connectivity index (χ1v) is 11.2. The van der Waals surface area contributed by atoms with Crippen molar-refractivity contribution in [3.8, 4) is 5.75 Å². The summed E-state index contributed by atoms with van der Waals surface area (Å²) in [6.07, 6.45) is 5.94. The van der Waals surface area contributed by atoms with E-state index in [-0.39, 0.29) is 12.5 Å². The summed E-state index contributed by atoms with van der Waals surface area (Å²) < 4.78 is 10.4. The van der Waals surface area contributed by atoms with E-state index in [4.69, 9.17) is 9.47 Å². The molecule has 1 aliphatic carbocycles. The predicted molar refractivity (Wildman–Crippen MR) is 117 cm³/mol. The van der Waals surface area contributed by atoms with Gasteiger partial charge in [0.05, 0.1) is 7.11 Å². The highest BCUT2D eigenvalue weighted by Crippen LogP contribution is 2.27. The molecule has 6 heteroatoms. The lowest BCUT2D eigenvalue weighted by atomic mass is 9.84. The molecule has 2 aliphatic rings. The first-order valence-electron chi connectivity index (χ1n) is 11.2. The second-order valence-electron chi connectivity index (χ2n) is 8.24. The molecule has 1 aromatic rings. The number of carbonyl (C=O) groups excluding carboxylic acids is 1. The molecule has 1 saturated carbocycles. The molecule has 0 unspecified atom stereocenters. The van der Waals surface area contributed by atoms with Gasteiger partial charge in [-0.25, -0.2) is 0 Å². The summed E-state index contributed by atoms with van der Waals surface area (Å²) in [5, 5.41) is 3.12. The molecule has 0 bridgehead atoms. The summed E-state index contributed by atoms with van der Waals surface area (Å²) in [4.78, 5) is 16.9. The molecule has 1 aromatic carbocycles. The van der Waals surface area contributed by atoms with Crippen LogP contribution in [0.4, 0.5) is 5.69 Å². The molecule has 2 fully saturated rings. The second-order valence-corrected chi connectivity index (χ2v) is 8.24. The lowest BCUT2D eigenvalue weighted by molar-refractivity contribution is -0.126. The van der Waals surface area contributed by atoms with Gasteiger partial charge in [-0.1, -0.05) is 0 Å². The van der Waals surface area contributed by atoms with Crippen LogP contribution in [-0.4, -0.2) is 69.9 Å². The third kappa shape index (κ3) is 6.89. The van der Waals surface area contributed by atoms with Gasteiger partial charge in [0.15, 0.2) is 0 Å². The summed E-state index contributed by atoms with van der Waals surface area (Å²) in [5.74, 6) is 1.75. The standard InChI is InChI=1S/C23H37N3O3/c1-3-29-18-23(27)24-20-6-4-19(5-7-20)12-13-25-14-16-26(17-15-25)21-8-10-22(28-2)11-9-21/h8-11,19-20H,3-7,12-18H2,1-2H3,(H,24,27)/t19-,20-. The Morgan fingerprint density at radius 3 is 2.38 bits per heavy atom. The third-order valence-electron chi connectivity index (χ3n) is 6.31. The van der Waals surface area contributed by atoms with Crippen molar-refractivity contribution in [2.75, 3.05) is 57.9 Å². The first kappa shape index (κ1) is 21.9. The minimum Gasteiger partial charge on any atom is -0.497 e. The number of amides is 1. The van der Waals surface area contributed by atoms with Gasteiger partial charge >= 0.3 is 0 Å². The topological polar surface area (TPSA) is 54.0 Å². The molecular formula is C23H37N3O3. The van der Waals surface area contributed by atoms with E-state index in [9.17, 15) is 4.79 Å². The number of rotatable bonds is 9. The Balaban J connectivity index is 1.30. The van der Waals surface area contributed by atoms with Crippen LogP contribution in [0.25, 0.3) is 0 Å². The quantitative estimate of drug-likeness (QED) is 0.687. The van der Waals surface area contributed by atoms with Crippen LogP contribution in [-0.2, 0) is 9.53 Å². The second kappa shape index (κ2) is 11.4. The fourth-order valence-corrected chi connectivity index (χ4v) is 4.45. The minimum absolute atomic E-state index is 0.0324. The molecule has 162 valence electrons. The number of ether oxygens (including phenoxy) is 2. The van der Waals surface area contributed by atoms with Gasteiger partial charge in [-0.05, 0) is 75.8 Å². The number of methoxy groups -OCH3 is 1. The number of benzene rings is 1. The highest BCUT2D eigenvalue weighted by Gasteiger charge is 2.24. The number of hydrogen-bond donors (Lipinski definition) is 1. The smallest absolute Gasteiger partial charge is 0.246 e. The fourth-order valence-electron chi connectivity index (χ4n) is 4.45. The monoisotopic (exact) mass is 403 g/mol. The van der Waals surface area contributed by atoms with Crippen molar-refractivity contribution in [1.82, 2.24) is 10.2 Å². The van der Waals surface area contributed by atoms with Crippen LogP contribution in [0.1, 0.15) is 39.0 Å². The average molecular weight is 404 g/mol. The van der Waals surface area contributed by atoms with Crippen LogP contribution in [0.2, 0.25) is 0 Å². The number of nitrogens with one attached hydrogen (secondary N) is 1. The predicted octanol–water partition coefficient (Wildman–Crippen LogP) is 2.92. The molecule has 0 aromatic heterocycles. The minimum atomic E-state index is 0.0324. The summed E-state index contributed by atoms with van der Waals surface area (Å²) in [6, 6.07) is 8.72. The van der Waals surface area contributed by atoms with Crippen LogP contribution in [0.15, 0.2) is 24.3 Å². The third-order valence-corrected chi connectivity index (χ3v) is 6.31. The maximum atomic E-state index is 11.8. The van der Waals surface area contributed by atoms with Crippen molar-refractivity contribution in [2.24, 2.45) is 5.92 Å². The average Bonchev–Trinajstić information content (AvgIpc) is 2.77. The summed E-state index contributed by atoms with van der Waals surface area (Å²) in [6.45, 7) is 8.34. The van der Waals surface area contributed by atoms with Crippen LogP contribution >= 0.6 is 0 Å². The van der Waals surface area contributed by atoms with Gasteiger partial charge in [-0.15, -0.1) is 0 Å². The number of hydrogen-bond acceptors (Lipinski definition) is 5. The number of nitrogens with zero attached hydrogens (tertiary/aromatic N) is 2. The Hall–Kier alpha value is -1.79. The molecule has 1 saturated heterocycles. The molecule has 1 heterocycles. The van der Waals surface area contributed by atoms with Crippen molar-refractivity contribution >= 4 is 11.6 Å². The highest BCUT2D eigenvalue weighted by atomic mass is 16.5. The number of anilines is 1. The molecule has 29 heavy (non-hydrogen) atoms. The Morgan fingerprint density at radius 2 is 1.76 bits per heavy atom. The SMILES string of the molecule is CCOCC(=O)N[C@H]1CC[C@H](CCN2CCN(c3ccc(OC)cc3)CC2)CC1. The highest BCUT2D eigenvalue weighted by molar-refractivity contribution is 5.77. The van der Waals surface area contributed by atoms with E-state index in [0.717, 1.165) is 50.7 Å². The van der Waals surface area contributed by atoms with E-state index in [0.29, 0.717) is 12.6 Å². The summed E-state index contributed by atoms with van der Waals surface area (Å²) in [7, 11) is 1.71. The van der Waals surface area contributed by atoms with Gasteiger partial charge < -0.3 is 19.7 Å². The van der Waals surface area contributed by atoms with Crippen molar-refractivity contribution < 1.29 is 14.3 Å². The van der Waals surface area contributed by atoms with E-state index in [1.807, 2.05) is 19.1 Å². The maximum Gasteiger partial charge on any atom is 0.246 e. The zero-order chi connectivity index (χ0) is 20.5. The van der Waals surface area contributed by atoms with Crippen molar-refractivity contribution in [1.29, 1.82) is 0 Å². The molecule has 6 nitrogen and oxygen atoms in total. The molecule has 0 atom stereocenters. The molecule has 0 spiro atoms. The van der Waals surface area contributed by atoms with Crippen molar-refractivity contribution in [3.63, 3.8) is 0 Å². The van der Waals surface area contributed by atoms with Crippen molar-refractivity contribution in [3.05, 3.63) is 24.3 Å². The van der Waals surface area contributed by atoms with Crippen LogP contribution in [0.5, 0.6) is 5.75 Å². The lowest BCUT2D eigenvalue weighted by Crippen LogP contribution is -2.47. The largest absolute Gasteiger partial charge is 0.497 e. The van der Waals surface area contributed by atoms with E-state index >= 15 is 0 Å². The van der Waals surface area contributed by atoms with E-state index in [1.165, 1.54) is 31.5 Å². The lowest BCUT2D eigenvalue weighted by Gasteiger charge is -2.37. The van der Waals surface area contributed by atoms with Gasteiger partial charge in [0.1, 0.15) is 12.4 Å². The molecule has 1 aliphatic heterocycles. The first-order chi connectivity index (χ1) is 14.2.